The molecule has 1 heterocycles. The van der Waals surface area contributed by atoms with Gasteiger partial charge in [0.15, 0.2) is 0 Å². The van der Waals surface area contributed by atoms with E-state index in [0.29, 0.717) is 5.54 Å². The largest absolute Gasteiger partial charge is 0.478 e. The maximum absolute atomic E-state index is 11.2. The van der Waals surface area contributed by atoms with Crippen LogP contribution in [0.4, 0.5) is 0 Å². The summed E-state index contributed by atoms with van der Waals surface area (Å²) in [7, 11) is 0. The van der Waals surface area contributed by atoms with Crippen LogP contribution in [-0.2, 0) is 6.54 Å². The molecule has 0 unspecified atom stereocenters. The van der Waals surface area contributed by atoms with Crippen molar-refractivity contribution in [2.24, 2.45) is 17.8 Å². The van der Waals surface area contributed by atoms with Gasteiger partial charge in [-0.15, -0.1) is 0 Å². The minimum absolute atomic E-state index is 0.284. The Morgan fingerprint density at radius 2 is 1.77 bits per heavy atom. The Balaban J connectivity index is 1.29. The second-order valence-corrected chi connectivity index (χ2v) is 8.70. The smallest absolute Gasteiger partial charge is 0.335 e. The van der Waals surface area contributed by atoms with Gasteiger partial charge in [-0.3, -0.25) is 0 Å². The van der Waals surface area contributed by atoms with Crippen LogP contribution in [0.5, 0.6) is 0 Å². The number of furan rings is 1. The molecule has 4 heteroatoms. The lowest BCUT2D eigenvalue weighted by Crippen LogP contribution is -2.58. The number of aromatic carboxylic acids is 1. The highest BCUT2D eigenvalue weighted by Crippen LogP contribution is 2.55. The highest BCUT2D eigenvalue weighted by molar-refractivity contribution is 5.89. The Morgan fingerprint density at radius 3 is 2.42 bits per heavy atom. The van der Waals surface area contributed by atoms with Gasteiger partial charge in [-0.05, 0) is 80.5 Å². The first-order valence-corrected chi connectivity index (χ1v) is 9.76. The third-order valence-corrected chi connectivity index (χ3v) is 6.73. The first-order chi connectivity index (χ1) is 12.6. The predicted octanol–water partition coefficient (Wildman–Crippen LogP) is 4.70. The van der Waals surface area contributed by atoms with Crippen LogP contribution in [0.2, 0.25) is 0 Å². The van der Waals surface area contributed by atoms with Crippen LogP contribution in [0.15, 0.2) is 40.8 Å². The van der Waals surface area contributed by atoms with E-state index in [2.05, 4.69) is 5.32 Å². The van der Waals surface area contributed by atoms with Gasteiger partial charge in [0, 0.05) is 11.1 Å². The van der Waals surface area contributed by atoms with Gasteiger partial charge in [0.2, 0.25) is 0 Å². The summed E-state index contributed by atoms with van der Waals surface area (Å²) in [6.45, 7) is 0.755. The van der Waals surface area contributed by atoms with E-state index < -0.39 is 5.97 Å². The van der Waals surface area contributed by atoms with E-state index in [1.165, 1.54) is 38.5 Å². The molecule has 0 aliphatic heterocycles. The van der Waals surface area contributed by atoms with Crippen LogP contribution >= 0.6 is 0 Å². The zero-order chi connectivity index (χ0) is 17.7. The Labute approximate surface area is 153 Å². The van der Waals surface area contributed by atoms with Crippen molar-refractivity contribution in [2.45, 2.75) is 50.6 Å². The van der Waals surface area contributed by atoms with Crippen molar-refractivity contribution in [1.29, 1.82) is 0 Å². The fraction of sp³-hybridized carbons (Fsp3) is 0.500. The van der Waals surface area contributed by atoms with Crippen LogP contribution in [0, 0.1) is 17.8 Å². The van der Waals surface area contributed by atoms with E-state index in [9.17, 15) is 4.79 Å². The van der Waals surface area contributed by atoms with Crippen molar-refractivity contribution in [3.63, 3.8) is 0 Å². The number of benzene rings is 1. The number of carboxylic acids is 1. The molecule has 4 saturated carbocycles. The number of nitrogens with one attached hydrogen (secondary N) is 1. The molecule has 0 radical (unpaired) electrons. The zero-order valence-corrected chi connectivity index (χ0v) is 14.9. The van der Waals surface area contributed by atoms with Gasteiger partial charge in [0.05, 0.1) is 12.1 Å². The minimum Gasteiger partial charge on any atom is -0.478 e. The Hall–Kier alpha value is -2.07. The SMILES string of the molecule is O=C(O)c1cccc(-c2ccc(CNC34CC5CC(CC(C5)C3)C4)o2)c1. The minimum atomic E-state index is -0.915. The van der Waals surface area contributed by atoms with Crippen LogP contribution in [0.1, 0.15) is 54.6 Å². The van der Waals surface area contributed by atoms with Gasteiger partial charge >= 0.3 is 5.97 Å². The number of rotatable bonds is 5. The molecule has 1 aromatic carbocycles. The van der Waals surface area contributed by atoms with E-state index in [4.69, 9.17) is 9.52 Å². The third-order valence-electron chi connectivity index (χ3n) is 6.73. The van der Waals surface area contributed by atoms with Crippen LogP contribution in [0.25, 0.3) is 11.3 Å². The summed E-state index contributed by atoms with van der Waals surface area (Å²) in [6, 6.07) is 10.9. The normalized spacial score (nSPS) is 32.1. The average Bonchev–Trinajstić information content (AvgIpc) is 3.08. The lowest BCUT2D eigenvalue weighted by molar-refractivity contribution is -0.0213. The molecule has 4 aliphatic rings. The van der Waals surface area contributed by atoms with Crippen LogP contribution in [0.3, 0.4) is 0 Å². The second kappa shape index (κ2) is 5.98. The monoisotopic (exact) mass is 351 g/mol. The highest BCUT2D eigenvalue weighted by Gasteiger charge is 2.50. The molecule has 0 spiro atoms. The molecule has 4 aliphatic carbocycles. The van der Waals surface area contributed by atoms with Gasteiger partial charge < -0.3 is 14.8 Å². The van der Waals surface area contributed by atoms with E-state index in [0.717, 1.165) is 41.4 Å². The first kappa shape index (κ1) is 16.1. The second-order valence-electron chi connectivity index (χ2n) is 8.70. The summed E-state index contributed by atoms with van der Waals surface area (Å²) >= 11 is 0. The summed E-state index contributed by atoms with van der Waals surface area (Å²) in [4.78, 5) is 11.2. The Morgan fingerprint density at radius 1 is 1.08 bits per heavy atom. The maximum Gasteiger partial charge on any atom is 0.335 e. The molecular formula is C22H25NO3. The van der Waals surface area contributed by atoms with Crippen molar-refractivity contribution in [1.82, 2.24) is 5.32 Å². The molecule has 0 saturated heterocycles. The molecule has 4 fully saturated rings. The molecule has 1 aromatic heterocycles. The molecule has 4 nitrogen and oxygen atoms in total. The Bertz CT molecular complexity index is 802. The fourth-order valence-electron chi connectivity index (χ4n) is 6.04. The van der Waals surface area contributed by atoms with Crippen molar-refractivity contribution >= 4 is 5.97 Å². The number of carbonyl (C=O) groups is 1. The maximum atomic E-state index is 11.2. The van der Waals surface area contributed by atoms with E-state index >= 15 is 0 Å². The lowest BCUT2D eigenvalue weighted by Gasteiger charge is -2.57. The van der Waals surface area contributed by atoms with E-state index in [1.54, 1.807) is 18.2 Å². The first-order valence-electron chi connectivity index (χ1n) is 9.76. The Kier molecular flexibility index (Phi) is 3.71. The molecule has 0 amide bonds. The quantitative estimate of drug-likeness (QED) is 0.819. The zero-order valence-electron chi connectivity index (χ0n) is 14.9. The summed E-state index contributed by atoms with van der Waals surface area (Å²) in [5.41, 5.74) is 1.42. The summed E-state index contributed by atoms with van der Waals surface area (Å²) in [5.74, 6) is 3.54. The summed E-state index contributed by atoms with van der Waals surface area (Å²) in [6.07, 6.45) is 8.33. The van der Waals surface area contributed by atoms with E-state index in [-0.39, 0.29) is 5.56 Å². The standard InChI is InChI=1S/C22H25NO3/c24-21(25)18-3-1-2-17(9-18)20-5-4-19(26-20)13-23-22-10-14-6-15(11-22)8-16(7-14)12-22/h1-5,9,14-16,23H,6-8,10-13H2,(H,24,25). The lowest BCUT2D eigenvalue weighted by atomic mass is 9.53. The summed E-state index contributed by atoms with van der Waals surface area (Å²) in [5, 5.41) is 13.0. The van der Waals surface area contributed by atoms with Gasteiger partial charge in [0.25, 0.3) is 0 Å². The molecule has 0 atom stereocenters. The third kappa shape index (κ3) is 2.86. The molecule has 4 bridgehead atoms. The highest BCUT2D eigenvalue weighted by atomic mass is 16.4. The number of hydrogen-bond donors (Lipinski definition) is 2. The van der Waals surface area contributed by atoms with Gasteiger partial charge in [0.1, 0.15) is 11.5 Å². The van der Waals surface area contributed by atoms with Gasteiger partial charge in [-0.1, -0.05) is 12.1 Å². The number of hydrogen-bond acceptors (Lipinski definition) is 3. The molecule has 136 valence electrons. The van der Waals surface area contributed by atoms with E-state index in [1.807, 2.05) is 18.2 Å². The molecule has 2 aromatic rings. The van der Waals surface area contributed by atoms with Crippen LogP contribution in [-0.4, -0.2) is 16.6 Å². The van der Waals surface area contributed by atoms with Crippen molar-refractivity contribution in [2.75, 3.05) is 0 Å². The summed E-state index contributed by atoms with van der Waals surface area (Å²) < 4.78 is 6.01. The molecule has 2 N–H and O–H groups in total. The molecule has 26 heavy (non-hydrogen) atoms. The number of carboxylic acid groups (broad SMARTS) is 1. The van der Waals surface area contributed by atoms with Crippen molar-refractivity contribution < 1.29 is 14.3 Å². The average molecular weight is 351 g/mol. The topological polar surface area (TPSA) is 62.5 Å². The fourth-order valence-corrected chi connectivity index (χ4v) is 6.04. The van der Waals surface area contributed by atoms with Gasteiger partial charge in [-0.25, -0.2) is 4.79 Å². The predicted molar refractivity (Wildman–Crippen MR) is 98.8 cm³/mol. The van der Waals surface area contributed by atoms with Crippen molar-refractivity contribution in [3.05, 3.63) is 47.7 Å². The van der Waals surface area contributed by atoms with Gasteiger partial charge in [-0.2, -0.15) is 0 Å². The van der Waals surface area contributed by atoms with Crippen molar-refractivity contribution in [3.8, 4) is 11.3 Å². The van der Waals surface area contributed by atoms with Crippen LogP contribution < -0.4 is 5.32 Å². The molecular weight excluding hydrogens is 326 g/mol. The molecule has 6 rings (SSSR count).